The molecular formula is C19H14ClN3O. The first-order valence-corrected chi connectivity index (χ1v) is 7.95. The maximum absolute atomic E-state index is 9.40. The summed E-state index contributed by atoms with van der Waals surface area (Å²) in [5.74, 6) is 0.260. The molecule has 0 spiro atoms. The highest BCUT2D eigenvalue weighted by atomic mass is 35.5. The van der Waals surface area contributed by atoms with Crippen molar-refractivity contribution in [2.24, 2.45) is 0 Å². The molecule has 2 heterocycles. The highest BCUT2D eigenvalue weighted by Crippen LogP contribution is 2.26. The molecule has 5 heteroatoms. The van der Waals surface area contributed by atoms with Gasteiger partial charge in [-0.1, -0.05) is 41.9 Å². The lowest BCUT2D eigenvalue weighted by Gasteiger charge is -2.06. The van der Waals surface area contributed by atoms with Gasteiger partial charge in [0.25, 0.3) is 0 Å². The first-order valence-electron chi connectivity index (χ1n) is 7.57. The van der Waals surface area contributed by atoms with Crippen LogP contribution in [0.5, 0.6) is 5.75 Å². The Hall–Kier alpha value is -2.85. The number of benzene rings is 2. The summed E-state index contributed by atoms with van der Waals surface area (Å²) in [4.78, 5) is 4.41. The summed E-state index contributed by atoms with van der Waals surface area (Å²) < 4.78 is 1.84. The van der Waals surface area contributed by atoms with Gasteiger partial charge in [0, 0.05) is 12.0 Å². The van der Waals surface area contributed by atoms with Crippen LogP contribution < -0.4 is 0 Å². The van der Waals surface area contributed by atoms with E-state index in [0.717, 1.165) is 28.2 Å². The minimum Gasteiger partial charge on any atom is -0.508 e. The third-order valence-electron chi connectivity index (χ3n) is 3.90. The van der Waals surface area contributed by atoms with Crippen molar-refractivity contribution in [3.8, 4) is 17.0 Å². The summed E-state index contributed by atoms with van der Waals surface area (Å²) in [5, 5.41) is 14.8. The van der Waals surface area contributed by atoms with Crippen LogP contribution in [0.15, 0.2) is 66.9 Å². The molecule has 0 unspecified atom stereocenters. The lowest BCUT2D eigenvalue weighted by molar-refractivity contribution is 0.475. The fourth-order valence-corrected chi connectivity index (χ4v) is 2.91. The second-order valence-corrected chi connectivity index (χ2v) is 5.97. The average molecular weight is 336 g/mol. The number of aromatic hydroxyl groups is 1. The van der Waals surface area contributed by atoms with E-state index >= 15 is 0 Å². The first-order chi connectivity index (χ1) is 11.7. The molecule has 0 radical (unpaired) electrons. The Kier molecular flexibility index (Phi) is 3.67. The summed E-state index contributed by atoms with van der Waals surface area (Å²) in [6.07, 6.45) is 2.51. The van der Waals surface area contributed by atoms with E-state index in [0.29, 0.717) is 11.4 Å². The molecule has 0 aliphatic carbocycles. The molecule has 118 valence electrons. The van der Waals surface area contributed by atoms with E-state index in [2.05, 4.69) is 4.98 Å². The summed E-state index contributed by atoms with van der Waals surface area (Å²) in [7, 11) is 0. The normalized spacial score (nSPS) is 11.0. The Labute approximate surface area is 144 Å². The Morgan fingerprint density at radius 3 is 2.54 bits per heavy atom. The topological polar surface area (TPSA) is 50.4 Å². The van der Waals surface area contributed by atoms with Crippen molar-refractivity contribution >= 4 is 17.2 Å². The Balaban J connectivity index is 1.76. The van der Waals surface area contributed by atoms with Gasteiger partial charge in [-0.25, -0.2) is 9.50 Å². The van der Waals surface area contributed by atoms with E-state index in [1.807, 2.05) is 59.2 Å². The van der Waals surface area contributed by atoms with Crippen LogP contribution in [0.1, 0.15) is 11.3 Å². The van der Waals surface area contributed by atoms with Crippen molar-refractivity contribution in [3.63, 3.8) is 0 Å². The summed E-state index contributed by atoms with van der Waals surface area (Å²) in [6, 6.07) is 18.7. The molecule has 4 nitrogen and oxygen atoms in total. The number of halogens is 1. The fourth-order valence-electron chi connectivity index (χ4n) is 2.68. The van der Waals surface area contributed by atoms with E-state index in [-0.39, 0.29) is 5.75 Å². The quantitative estimate of drug-likeness (QED) is 0.605. The van der Waals surface area contributed by atoms with Crippen molar-refractivity contribution in [3.05, 3.63) is 83.1 Å². The van der Waals surface area contributed by atoms with Crippen LogP contribution in [-0.4, -0.2) is 19.7 Å². The molecule has 24 heavy (non-hydrogen) atoms. The van der Waals surface area contributed by atoms with Crippen LogP contribution in [0.4, 0.5) is 0 Å². The van der Waals surface area contributed by atoms with Crippen LogP contribution in [0.3, 0.4) is 0 Å². The molecule has 0 amide bonds. The van der Waals surface area contributed by atoms with E-state index in [1.54, 1.807) is 12.1 Å². The molecule has 4 aromatic rings. The number of aromatic nitrogens is 3. The van der Waals surface area contributed by atoms with Gasteiger partial charge in [0.1, 0.15) is 5.75 Å². The van der Waals surface area contributed by atoms with Crippen molar-refractivity contribution in [1.29, 1.82) is 0 Å². The van der Waals surface area contributed by atoms with Gasteiger partial charge in [-0.15, -0.1) is 0 Å². The van der Waals surface area contributed by atoms with Gasteiger partial charge in [0.05, 0.1) is 22.6 Å². The number of phenolic OH excluding ortho intramolecular Hbond substituents is 1. The number of imidazole rings is 1. The molecule has 2 aromatic carbocycles. The van der Waals surface area contributed by atoms with Crippen LogP contribution in [0, 0.1) is 0 Å². The second kappa shape index (κ2) is 5.98. The van der Waals surface area contributed by atoms with E-state index in [9.17, 15) is 5.11 Å². The Morgan fingerprint density at radius 1 is 0.958 bits per heavy atom. The van der Waals surface area contributed by atoms with Gasteiger partial charge in [-0.3, -0.25) is 0 Å². The molecule has 4 rings (SSSR count). The monoisotopic (exact) mass is 335 g/mol. The summed E-state index contributed by atoms with van der Waals surface area (Å²) in [5.41, 5.74) is 4.55. The Bertz CT molecular complexity index is 1010. The largest absolute Gasteiger partial charge is 0.508 e. The van der Waals surface area contributed by atoms with Gasteiger partial charge in [-0.05, 0) is 35.9 Å². The average Bonchev–Trinajstić information content (AvgIpc) is 2.99. The smallest absolute Gasteiger partial charge is 0.153 e. The number of phenols is 1. The van der Waals surface area contributed by atoms with E-state index < -0.39 is 0 Å². The van der Waals surface area contributed by atoms with Crippen molar-refractivity contribution in [2.45, 2.75) is 6.42 Å². The molecule has 0 saturated heterocycles. The molecule has 0 aliphatic heterocycles. The maximum Gasteiger partial charge on any atom is 0.153 e. The second-order valence-electron chi connectivity index (χ2n) is 5.56. The molecule has 2 aromatic heterocycles. The van der Waals surface area contributed by atoms with Crippen LogP contribution in [0.25, 0.3) is 16.9 Å². The SMILES string of the molecule is Oc1ccc(Cc2cnc3ccc(-c4ccccc4Cl)nn23)cc1. The summed E-state index contributed by atoms with van der Waals surface area (Å²) in [6.45, 7) is 0. The van der Waals surface area contributed by atoms with Crippen LogP contribution >= 0.6 is 11.6 Å². The lowest BCUT2D eigenvalue weighted by Crippen LogP contribution is -2.00. The number of fused-ring (bicyclic) bond motifs is 1. The van der Waals surface area contributed by atoms with Crippen LogP contribution in [0.2, 0.25) is 5.02 Å². The minimum absolute atomic E-state index is 0.260. The third kappa shape index (κ3) is 2.72. The fraction of sp³-hybridized carbons (Fsp3) is 0.0526. The van der Waals surface area contributed by atoms with Gasteiger partial charge in [0.2, 0.25) is 0 Å². The molecule has 0 fully saturated rings. The van der Waals surface area contributed by atoms with Gasteiger partial charge in [-0.2, -0.15) is 5.10 Å². The molecular weight excluding hydrogens is 322 g/mol. The maximum atomic E-state index is 9.40. The van der Waals surface area contributed by atoms with Gasteiger partial charge >= 0.3 is 0 Å². The number of hydrogen-bond acceptors (Lipinski definition) is 3. The first kappa shape index (κ1) is 14.7. The van der Waals surface area contributed by atoms with Gasteiger partial charge < -0.3 is 5.11 Å². The molecule has 0 aliphatic rings. The Morgan fingerprint density at radius 2 is 1.75 bits per heavy atom. The third-order valence-corrected chi connectivity index (χ3v) is 4.23. The number of nitrogens with zero attached hydrogens (tertiary/aromatic N) is 3. The van der Waals surface area contributed by atoms with Crippen molar-refractivity contribution < 1.29 is 5.11 Å². The lowest BCUT2D eigenvalue weighted by atomic mass is 10.1. The zero-order chi connectivity index (χ0) is 16.5. The minimum atomic E-state index is 0.260. The molecule has 0 bridgehead atoms. The number of hydrogen-bond donors (Lipinski definition) is 1. The van der Waals surface area contributed by atoms with E-state index in [4.69, 9.17) is 16.7 Å². The zero-order valence-electron chi connectivity index (χ0n) is 12.7. The van der Waals surface area contributed by atoms with Crippen molar-refractivity contribution in [2.75, 3.05) is 0 Å². The molecule has 0 atom stereocenters. The van der Waals surface area contributed by atoms with Gasteiger partial charge in [0.15, 0.2) is 5.65 Å². The summed E-state index contributed by atoms with van der Waals surface area (Å²) >= 11 is 6.28. The predicted octanol–water partition coefficient (Wildman–Crippen LogP) is 4.35. The van der Waals surface area contributed by atoms with Crippen molar-refractivity contribution in [1.82, 2.24) is 14.6 Å². The zero-order valence-corrected chi connectivity index (χ0v) is 13.5. The molecule has 0 saturated carbocycles. The predicted molar refractivity (Wildman–Crippen MR) is 94.3 cm³/mol. The standard InChI is InChI=1S/C19H14ClN3O/c20-17-4-2-1-3-16(17)18-9-10-19-21-12-14(23(19)22-18)11-13-5-7-15(24)8-6-13/h1-10,12,24H,11H2. The highest BCUT2D eigenvalue weighted by molar-refractivity contribution is 6.33. The molecule has 1 N–H and O–H groups in total. The number of rotatable bonds is 3. The van der Waals surface area contributed by atoms with E-state index in [1.165, 1.54) is 0 Å². The highest BCUT2D eigenvalue weighted by Gasteiger charge is 2.09. The van der Waals surface area contributed by atoms with Crippen LogP contribution in [-0.2, 0) is 6.42 Å².